The molecule has 1 heterocycles. The first kappa shape index (κ1) is 11.9. The summed E-state index contributed by atoms with van der Waals surface area (Å²) in [6, 6.07) is 4.90. The maximum Gasteiger partial charge on any atom is 0.417 e. The zero-order valence-electron chi connectivity index (χ0n) is 8.25. The van der Waals surface area contributed by atoms with E-state index in [1.54, 1.807) is 0 Å². The highest BCUT2D eigenvalue weighted by molar-refractivity contribution is 7.20. The molecule has 0 aliphatic carbocycles. The van der Waals surface area contributed by atoms with Crippen LogP contribution in [0.15, 0.2) is 24.3 Å². The molecule has 3 nitrogen and oxygen atoms in total. The Morgan fingerprint density at radius 1 is 1.35 bits per heavy atom. The van der Waals surface area contributed by atoms with Gasteiger partial charge in [0.2, 0.25) is 0 Å². The van der Waals surface area contributed by atoms with Crippen molar-refractivity contribution in [3.63, 3.8) is 0 Å². The summed E-state index contributed by atoms with van der Waals surface area (Å²) in [7, 11) is 0. The van der Waals surface area contributed by atoms with Crippen molar-refractivity contribution >= 4 is 27.4 Å². The third-order valence-electron chi connectivity index (χ3n) is 2.18. The molecule has 0 saturated carbocycles. The summed E-state index contributed by atoms with van der Waals surface area (Å²) in [5.74, 6) is 3.84. The molecule has 2 rings (SSSR count). The first-order valence-electron chi connectivity index (χ1n) is 4.44. The zero-order chi connectivity index (χ0) is 12.6. The Hall–Kier alpha value is -1.60. The predicted molar refractivity (Wildman–Crippen MR) is 56.4 cm³/mol. The van der Waals surface area contributed by atoms with E-state index < -0.39 is 17.7 Å². The van der Waals surface area contributed by atoms with Gasteiger partial charge in [0.25, 0.3) is 0 Å². The largest absolute Gasteiger partial charge is 0.417 e. The molecule has 1 aromatic carbocycles. The molecular formula is C10H6F3NO2S. The predicted octanol–water partition coefficient (Wildman–Crippen LogP) is 2.95. The molecule has 0 atom stereocenters. The molecule has 0 aliphatic rings. The number of carbonyl (C=O) groups excluding carboxylic acids is 1. The standard InChI is InChI=1S/C10H6F3NO2S/c11-10(12,13)6-2-1-3-7-5(6)4-8(17-7)9(15)16-14/h1-4H,14H2. The molecule has 2 aromatic rings. The highest BCUT2D eigenvalue weighted by Crippen LogP contribution is 2.37. The molecule has 7 heteroatoms. The third kappa shape index (κ3) is 2.11. The Labute approximate surface area is 97.5 Å². The van der Waals surface area contributed by atoms with Crippen molar-refractivity contribution in [1.29, 1.82) is 0 Å². The number of carbonyl (C=O) groups is 1. The lowest BCUT2D eigenvalue weighted by atomic mass is 10.1. The number of halogens is 3. The van der Waals surface area contributed by atoms with E-state index in [0.717, 1.165) is 23.5 Å². The van der Waals surface area contributed by atoms with Gasteiger partial charge in [-0.1, -0.05) is 6.07 Å². The summed E-state index contributed by atoms with van der Waals surface area (Å²) in [5.41, 5.74) is -0.776. The monoisotopic (exact) mass is 261 g/mol. The van der Waals surface area contributed by atoms with Crippen molar-refractivity contribution in [3.8, 4) is 0 Å². The van der Waals surface area contributed by atoms with Crippen molar-refractivity contribution in [2.24, 2.45) is 5.90 Å². The molecule has 0 amide bonds. The molecule has 0 fully saturated rings. The van der Waals surface area contributed by atoms with Crippen LogP contribution in [0.2, 0.25) is 0 Å². The third-order valence-corrected chi connectivity index (χ3v) is 3.26. The molecule has 1 aromatic heterocycles. The van der Waals surface area contributed by atoms with Gasteiger partial charge in [-0.2, -0.15) is 19.1 Å². The van der Waals surface area contributed by atoms with Gasteiger partial charge in [-0.05, 0) is 18.2 Å². The first-order valence-corrected chi connectivity index (χ1v) is 5.26. The Bertz CT molecular complexity index is 576. The Kier molecular flexibility index (Phi) is 2.80. The van der Waals surface area contributed by atoms with Gasteiger partial charge in [-0.15, -0.1) is 11.3 Å². The van der Waals surface area contributed by atoms with Gasteiger partial charge in [0.15, 0.2) is 0 Å². The van der Waals surface area contributed by atoms with Crippen molar-refractivity contribution in [2.45, 2.75) is 6.18 Å². The Morgan fingerprint density at radius 2 is 2.06 bits per heavy atom. The summed E-state index contributed by atoms with van der Waals surface area (Å²) in [6.45, 7) is 0. The maximum absolute atomic E-state index is 12.7. The van der Waals surface area contributed by atoms with E-state index in [1.165, 1.54) is 12.1 Å². The van der Waals surface area contributed by atoms with E-state index >= 15 is 0 Å². The van der Waals surface area contributed by atoms with E-state index in [0.29, 0.717) is 4.70 Å². The van der Waals surface area contributed by atoms with Crippen LogP contribution < -0.4 is 5.90 Å². The quantitative estimate of drug-likeness (QED) is 0.803. The van der Waals surface area contributed by atoms with Gasteiger partial charge in [0.1, 0.15) is 4.88 Å². The van der Waals surface area contributed by atoms with Gasteiger partial charge in [-0.25, -0.2) is 4.79 Å². The van der Waals surface area contributed by atoms with Gasteiger partial charge < -0.3 is 4.84 Å². The molecule has 0 radical (unpaired) electrons. The summed E-state index contributed by atoms with van der Waals surface area (Å²) >= 11 is 0.906. The van der Waals surface area contributed by atoms with Crippen LogP contribution in [0.5, 0.6) is 0 Å². The normalized spacial score (nSPS) is 11.8. The summed E-state index contributed by atoms with van der Waals surface area (Å²) < 4.78 is 38.4. The Morgan fingerprint density at radius 3 is 2.65 bits per heavy atom. The van der Waals surface area contributed by atoms with Gasteiger partial charge in [0.05, 0.1) is 5.56 Å². The van der Waals surface area contributed by atoms with Crippen LogP contribution in [0, 0.1) is 0 Å². The van der Waals surface area contributed by atoms with Gasteiger partial charge >= 0.3 is 12.1 Å². The lowest BCUT2D eigenvalue weighted by Crippen LogP contribution is -2.08. The van der Waals surface area contributed by atoms with Crippen molar-refractivity contribution < 1.29 is 22.8 Å². The van der Waals surface area contributed by atoms with Crippen LogP contribution in [0.1, 0.15) is 15.2 Å². The highest BCUT2D eigenvalue weighted by atomic mass is 32.1. The minimum Gasteiger partial charge on any atom is -0.369 e. The fourth-order valence-corrected chi connectivity index (χ4v) is 2.44. The number of hydrogen-bond donors (Lipinski definition) is 1. The fourth-order valence-electron chi connectivity index (χ4n) is 1.47. The van der Waals surface area contributed by atoms with E-state index in [4.69, 9.17) is 0 Å². The van der Waals surface area contributed by atoms with Gasteiger partial charge in [-0.3, -0.25) is 0 Å². The van der Waals surface area contributed by atoms with Crippen LogP contribution in [-0.4, -0.2) is 5.97 Å². The number of nitrogens with two attached hydrogens (primary N) is 1. The molecule has 0 saturated heterocycles. The second-order valence-electron chi connectivity index (χ2n) is 3.23. The van der Waals surface area contributed by atoms with E-state index in [1.807, 2.05) is 0 Å². The molecule has 2 N–H and O–H groups in total. The average molecular weight is 261 g/mol. The van der Waals surface area contributed by atoms with Crippen molar-refractivity contribution in [3.05, 3.63) is 34.7 Å². The van der Waals surface area contributed by atoms with Crippen molar-refractivity contribution in [1.82, 2.24) is 0 Å². The molecule has 0 spiro atoms. The first-order chi connectivity index (χ1) is 7.93. The molecular weight excluding hydrogens is 255 g/mol. The average Bonchev–Trinajstić information content (AvgIpc) is 2.69. The summed E-state index contributed by atoms with van der Waals surface area (Å²) in [4.78, 5) is 15.1. The molecule has 17 heavy (non-hydrogen) atoms. The minimum absolute atomic E-state index is 0.0228. The number of alkyl halides is 3. The van der Waals surface area contributed by atoms with Crippen LogP contribution in [-0.2, 0) is 11.0 Å². The van der Waals surface area contributed by atoms with Crippen LogP contribution in [0.3, 0.4) is 0 Å². The SMILES string of the molecule is NOC(=O)c1cc2c(C(F)(F)F)cccc2s1. The van der Waals surface area contributed by atoms with Crippen LogP contribution in [0.25, 0.3) is 10.1 Å². The number of rotatable bonds is 1. The second kappa shape index (κ2) is 4.01. The molecule has 0 unspecified atom stereocenters. The number of hydrogen-bond acceptors (Lipinski definition) is 4. The zero-order valence-corrected chi connectivity index (χ0v) is 9.06. The lowest BCUT2D eigenvalue weighted by Gasteiger charge is -2.06. The highest BCUT2D eigenvalue weighted by Gasteiger charge is 2.33. The van der Waals surface area contributed by atoms with Crippen molar-refractivity contribution in [2.75, 3.05) is 0 Å². The molecule has 0 aliphatic heterocycles. The number of benzene rings is 1. The molecule has 0 bridgehead atoms. The smallest absolute Gasteiger partial charge is 0.369 e. The Balaban J connectivity index is 2.65. The van der Waals surface area contributed by atoms with Gasteiger partial charge in [0, 0.05) is 10.1 Å². The van der Waals surface area contributed by atoms with Crippen LogP contribution in [0.4, 0.5) is 13.2 Å². The lowest BCUT2D eigenvalue weighted by molar-refractivity contribution is -0.136. The van der Waals surface area contributed by atoms with E-state index in [-0.39, 0.29) is 10.3 Å². The number of thiophene rings is 1. The number of fused-ring (bicyclic) bond motifs is 1. The summed E-state index contributed by atoms with van der Waals surface area (Å²) in [6.07, 6.45) is -4.45. The second-order valence-corrected chi connectivity index (χ2v) is 4.31. The fraction of sp³-hybridized carbons (Fsp3) is 0.100. The molecule has 90 valence electrons. The minimum atomic E-state index is -4.45. The van der Waals surface area contributed by atoms with Crippen LogP contribution >= 0.6 is 11.3 Å². The topological polar surface area (TPSA) is 52.3 Å². The maximum atomic E-state index is 12.7. The van der Waals surface area contributed by atoms with E-state index in [2.05, 4.69) is 10.7 Å². The van der Waals surface area contributed by atoms with E-state index in [9.17, 15) is 18.0 Å². The summed E-state index contributed by atoms with van der Waals surface area (Å²) in [5, 5.41) is -0.0228.